The van der Waals surface area contributed by atoms with Gasteiger partial charge in [-0.25, -0.2) is 4.98 Å². The molecule has 0 unspecified atom stereocenters. The van der Waals surface area contributed by atoms with Crippen LogP contribution >= 0.6 is 0 Å². The van der Waals surface area contributed by atoms with E-state index in [9.17, 15) is 9.59 Å². The molecular formula is C39H39N7O3. The molecule has 3 N–H and O–H groups in total. The molecule has 10 heteroatoms. The first-order valence-corrected chi connectivity index (χ1v) is 16.2. The normalized spacial score (nSPS) is 13.0. The van der Waals surface area contributed by atoms with E-state index < -0.39 is 0 Å². The van der Waals surface area contributed by atoms with Crippen molar-refractivity contribution in [2.24, 2.45) is 0 Å². The molecule has 0 saturated carbocycles. The van der Waals surface area contributed by atoms with Gasteiger partial charge in [0.2, 0.25) is 5.95 Å². The minimum atomic E-state index is -0.352. The number of anilines is 5. The number of ketones is 1. The van der Waals surface area contributed by atoms with Gasteiger partial charge in [-0.15, -0.1) is 0 Å². The van der Waals surface area contributed by atoms with E-state index >= 15 is 0 Å². The second-order valence-corrected chi connectivity index (χ2v) is 11.8. The van der Waals surface area contributed by atoms with Gasteiger partial charge in [0.05, 0.1) is 0 Å². The first kappa shape index (κ1) is 32.9. The summed E-state index contributed by atoms with van der Waals surface area (Å²) >= 11 is 0. The van der Waals surface area contributed by atoms with Gasteiger partial charge in [0.1, 0.15) is 22.9 Å². The number of ether oxygens (including phenoxy) is 1. The molecule has 0 atom stereocenters. The van der Waals surface area contributed by atoms with Gasteiger partial charge in [-0.3, -0.25) is 9.59 Å². The van der Waals surface area contributed by atoms with Gasteiger partial charge in [0.15, 0.2) is 5.78 Å². The summed E-state index contributed by atoms with van der Waals surface area (Å²) in [5.41, 5.74) is 4.54. The van der Waals surface area contributed by atoms with E-state index in [1.165, 1.54) is 12.3 Å². The molecule has 2 heterocycles. The van der Waals surface area contributed by atoms with E-state index in [1.807, 2.05) is 91.0 Å². The summed E-state index contributed by atoms with van der Waals surface area (Å²) in [5, 5.41) is 9.55. The van der Waals surface area contributed by atoms with Gasteiger partial charge >= 0.3 is 0 Å². The van der Waals surface area contributed by atoms with Gasteiger partial charge in [-0.05, 0) is 78.8 Å². The molecule has 10 nitrogen and oxygen atoms in total. The molecule has 1 aromatic heterocycles. The Morgan fingerprint density at radius 2 is 1.53 bits per heavy atom. The molecule has 4 aromatic carbocycles. The Balaban J connectivity index is 1.19. The zero-order valence-corrected chi connectivity index (χ0v) is 27.4. The number of nitrogens with one attached hydrogen (secondary N) is 3. The number of carbonyl (C=O) groups excluding carboxylic acids is 2. The lowest BCUT2D eigenvalue weighted by Crippen LogP contribution is -2.44. The van der Waals surface area contributed by atoms with Crippen LogP contribution in [0.5, 0.6) is 11.5 Å². The Hall–Kier alpha value is -6.00. The molecule has 6 rings (SSSR count). The number of para-hydroxylation sites is 2. The summed E-state index contributed by atoms with van der Waals surface area (Å²) in [4.78, 5) is 39.7. The van der Waals surface area contributed by atoms with E-state index in [0.29, 0.717) is 23.2 Å². The Morgan fingerprint density at radius 1 is 0.837 bits per heavy atom. The number of carbonyl (C=O) groups is 2. The fourth-order valence-electron chi connectivity index (χ4n) is 5.41. The fourth-order valence-corrected chi connectivity index (χ4v) is 5.41. The second kappa shape index (κ2) is 15.7. The number of amides is 1. The van der Waals surface area contributed by atoms with Crippen LogP contribution in [0.3, 0.4) is 0 Å². The van der Waals surface area contributed by atoms with Gasteiger partial charge in [0, 0.05) is 62.4 Å². The molecule has 1 amide bonds. The molecule has 49 heavy (non-hydrogen) atoms. The van der Waals surface area contributed by atoms with Gasteiger partial charge < -0.3 is 30.5 Å². The zero-order valence-electron chi connectivity index (χ0n) is 27.4. The summed E-state index contributed by atoms with van der Waals surface area (Å²) in [7, 11) is 2.14. The largest absolute Gasteiger partial charge is 0.457 e. The monoisotopic (exact) mass is 653 g/mol. The van der Waals surface area contributed by atoms with Crippen molar-refractivity contribution >= 4 is 40.5 Å². The molecule has 0 radical (unpaired) electrons. The maximum atomic E-state index is 13.6. The van der Waals surface area contributed by atoms with Crippen LogP contribution in [0.15, 0.2) is 122 Å². The van der Waals surface area contributed by atoms with Crippen LogP contribution in [0.2, 0.25) is 0 Å². The number of hydrogen-bond acceptors (Lipinski definition) is 9. The van der Waals surface area contributed by atoms with Crippen molar-refractivity contribution in [3.05, 3.63) is 139 Å². The van der Waals surface area contributed by atoms with Crippen molar-refractivity contribution in [2.75, 3.05) is 48.8 Å². The van der Waals surface area contributed by atoms with Crippen LogP contribution in [-0.4, -0.2) is 59.8 Å². The van der Waals surface area contributed by atoms with Gasteiger partial charge in [0.25, 0.3) is 5.91 Å². The molecule has 1 aliphatic heterocycles. The predicted molar refractivity (Wildman–Crippen MR) is 194 cm³/mol. The Kier molecular flexibility index (Phi) is 10.6. The standard InChI is InChI=1S/C39H39N7O3/c1-3-32(47)25-29-9-7-8-12-36(29)43-37-35(38(48)40-26-28-13-19-34(20-14-28)49-33-10-5-4-6-11-33)27-41-39(44-37)42-30-15-17-31(18-16-30)46-23-21-45(2)22-24-46/h3-20,27H,1,21-26H2,2H3,(H,40,48)(H2,41,42,43,44). The van der Waals surface area contributed by atoms with Crippen LogP contribution in [0.25, 0.3) is 0 Å². The highest BCUT2D eigenvalue weighted by Gasteiger charge is 2.18. The van der Waals surface area contributed by atoms with E-state index in [0.717, 1.165) is 54.4 Å². The number of aromatic nitrogens is 2. The van der Waals surface area contributed by atoms with E-state index in [2.05, 4.69) is 56.5 Å². The smallest absolute Gasteiger partial charge is 0.256 e. The summed E-state index contributed by atoms with van der Waals surface area (Å²) in [6, 6.07) is 32.7. The zero-order chi connectivity index (χ0) is 34.0. The average molecular weight is 654 g/mol. The fraction of sp³-hybridized carbons (Fsp3) is 0.179. The van der Waals surface area contributed by atoms with Crippen molar-refractivity contribution in [3.8, 4) is 11.5 Å². The number of benzene rings is 4. The Morgan fingerprint density at radius 3 is 2.27 bits per heavy atom. The SMILES string of the molecule is C=CC(=O)Cc1ccccc1Nc1nc(Nc2ccc(N3CCN(C)CC3)cc2)ncc1C(=O)NCc1ccc(Oc2ccccc2)cc1. The molecule has 0 spiro atoms. The van der Waals surface area contributed by atoms with E-state index in [-0.39, 0.29) is 30.2 Å². The van der Waals surface area contributed by atoms with Crippen LogP contribution in [-0.2, 0) is 17.8 Å². The maximum absolute atomic E-state index is 13.6. The first-order valence-electron chi connectivity index (χ1n) is 16.2. The molecule has 0 bridgehead atoms. The van der Waals surface area contributed by atoms with Gasteiger partial charge in [-0.1, -0.05) is 55.1 Å². The number of piperazine rings is 1. The minimum Gasteiger partial charge on any atom is -0.457 e. The lowest BCUT2D eigenvalue weighted by Gasteiger charge is -2.34. The highest BCUT2D eigenvalue weighted by atomic mass is 16.5. The summed E-state index contributed by atoms with van der Waals surface area (Å²) in [6.45, 7) is 7.92. The molecule has 1 aliphatic rings. The van der Waals surface area contributed by atoms with Gasteiger partial charge in [-0.2, -0.15) is 4.98 Å². The maximum Gasteiger partial charge on any atom is 0.256 e. The molecule has 1 fully saturated rings. The van der Waals surface area contributed by atoms with Crippen LogP contribution in [0.1, 0.15) is 21.5 Å². The molecular weight excluding hydrogens is 614 g/mol. The highest BCUT2D eigenvalue weighted by Crippen LogP contribution is 2.27. The summed E-state index contributed by atoms with van der Waals surface area (Å²) in [6.07, 6.45) is 2.96. The first-order chi connectivity index (χ1) is 23.9. The number of likely N-dealkylation sites (N-methyl/N-ethyl adjacent to an activating group) is 1. The number of allylic oxidation sites excluding steroid dienone is 1. The quantitative estimate of drug-likeness (QED) is 0.119. The summed E-state index contributed by atoms with van der Waals surface area (Å²) in [5.74, 6) is 1.60. The van der Waals surface area contributed by atoms with Crippen molar-refractivity contribution in [1.82, 2.24) is 20.2 Å². The van der Waals surface area contributed by atoms with Crippen LogP contribution in [0.4, 0.5) is 28.8 Å². The Bertz CT molecular complexity index is 1890. The van der Waals surface area contributed by atoms with Crippen LogP contribution < -0.4 is 25.6 Å². The summed E-state index contributed by atoms with van der Waals surface area (Å²) < 4.78 is 5.88. The van der Waals surface area contributed by atoms with Crippen molar-refractivity contribution in [2.45, 2.75) is 13.0 Å². The molecule has 5 aromatic rings. The number of nitrogens with zero attached hydrogens (tertiary/aromatic N) is 4. The molecule has 0 aliphatic carbocycles. The highest BCUT2D eigenvalue weighted by molar-refractivity contribution is 5.99. The topological polar surface area (TPSA) is 112 Å². The average Bonchev–Trinajstić information content (AvgIpc) is 3.13. The third-order valence-electron chi connectivity index (χ3n) is 8.24. The lowest BCUT2D eigenvalue weighted by molar-refractivity contribution is -0.114. The molecule has 1 saturated heterocycles. The van der Waals surface area contributed by atoms with Crippen molar-refractivity contribution in [3.63, 3.8) is 0 Å². The third kappa shape index (κ3) is 8.88. The predicted octanol–water partition coefficient (Wildman–Crippen LogP) is 6.74. The lowest BCUT2D eigenvalue weighted by atomic mass is 10.1. The minimum absolute atomic E-state index is 0.113. The van der Waals surface area contributed by atoms with Crippen molar-refractivity contribution < 1.29 is 14.3 Å². The number of rotatable bonds is 13. The number of hydrogen-bond donors (Lipinski definition) is 3. The second-order valence-electron chi connectivity index (χ2n) is 11.8. The molecule has 248 valence electrons. The van der Waals surface area contributed by atoms with E-state index in [1.54, 1.807) is 0 Å². The van der Waals surface area contributed by atoms with E-state index in [4.69, 9.17) is 9.72 Å². The Labute approximate surface area is 286 Å². The third-order valence-corrected chi connectivity index (χ3v) is 8.24. The van der Waals surface area contributed by atoms with Crippen molar-refractivity contribution in [1.29, 1.82) is 0 Å². The van der Waals surface area contributed by atoms with Crippen LogP contribution in [0, 0.1) is 0 Å².